The summed E-state index contributed by atoms with van der Waals surface area (Å²) in [6.07, 6.45) is 3.87. The van der Waals surface area contributed by atoms with Gasteiger partial charge >= 0.3 is 0 Å². The maximum Gasteiger partial charge on any atom is 0.254 e. The van der Waals surface area contributed by atoms with E-state index in [0.717, 1.165) is 18.4 Å². The second-order valence-electron chi connectivity index (χ2n) is 9.94. The first kappa shape index (κ1) is 27.5. The Balaban J connectivity index is 1.26. The number of ketones is 1. The number of nitrogens with one attached hydrogen (secondary N) is 2. The zero-order valence-electron chi connectivity index (χ0n) is 22.0. The predicted molar refractivity (Wildman–Crippen MR) is 149 cm³/mol. The van der Waals surface area contributed by atoms with Crippen LogP contribution >= 0.6 is 11.6 Å². The number of methoxy groups -OCH3 is 1. The highest BCUT2D eigenvalue weighted by Gasteiger charge is 2.30. The van der Waals surface area contributed by atoms with Gasteiger partial charge < -0.3 is 25.4 Å². The number of carbonyl (C=O) groups excluding carboxylic acids is 3. The van der Waals surface area contributed by atoms with E-state index in [1.165, 1.54) is 11.1 Å². The number of rotatable bonds is 10. The summed E-state index contributed by atoms with van der Waals surface area (Å²) in [4.78, 5) is 48.2. The van der Waals surface area contributed by atoms with Crippen LogP contribution in [0, 0.1) is 5.92 Å². The molecule has 3 N–H and O–H groups in total. The topological polar surface area (TPSA) is 134 Å². The normalized spacial score (nSPS) is 17.1. The molecule has 10 nitrogen and oxygen atoms in total. The van der Waals surface area contributed by atoms with Crippen LogP contribution in [0.15, 0.2) is 48.7 Å². The molecular formula is C29H30ClN5O5. The third-order valence-corrected chi connectivity index (χ3v) is 7.57. The molecule has 1 saturated carbocycles. The smallest absolute Gasteiger partial charge is 0.254 e. The minimum atomic E-state index is -0.635. The lowest BCUT2D eigenvalue weighted by Crippen LogP contribution is -2.40. The van der Waals surface area contributed by atoms with Crippen molar-refractivity contribution in [2.75, 3.05) is 32.1 Å². The van der Waals surface area contributed by atoms with E-state index in [1.54, 1.807) is 37.4 Å². The molecule has 208 valence electrons. The van der Waals surface area contributed by atoms with Gasteiger partial charge in [-0.15, -0.1) is 0 Å². The Morgan fingerprint density at radius 3 is 2.85 bits per heavy atom. The van der Waals surface area contributed by atoms with Crippen molar-refractivity contribution in [2.45, 2.75) is 31.8 Å². The summed E-state index contributed by atoms with van der Waals surface area (Å²) in [6, 6.07) is 11.8. The molecule has 40 heavy (non-hydrogen) atoms. The van der Waals surface area contributed by atoms with E-state index in [-0.39, 0.29) is 37.3 Å². The molecule has 1 aromatic heterocycles. The number of anilines is 1. The lowest BCUT2D eigenvalue weighted by Gasteiger charge is -2.20. The second kappa shape index (κ2) is 12.0. The van der Waals surface area contributed by atoms with Gasteiger partial charge in [0.1, 0.15) is 18.1 Å². The molecule has 0 radical (unpaired) electrons. The van der Waals surface area contributed by atoms with Gasteiger partial charge in [0.25, 0.3) is 5.91 Å². The van der Waals surface area contributed by atoms with Gasteiger partial charge in [-0.05, 0) is 42.2 Å². The molecular weight excluding hydrogens is 534 g/mol. The van der Waals surface area contributed by atoms with Gasteiger partial charge in [0.15, 0.2) is 0 Å². The average Bonchev–Trinajstić information content (AvgIpc) is 3.52. The quantitative estimate of drug-likeness (QED) is 0.342. The Bertz CT molecular complexity index is 1450. The molecule has 2 heterocycles. The van der Waals surface area contributed by atoms with Crippen LogP contribution in [0.2, 0.25) is 5.02 Å². The maximum absolute atomic E-state index is 13.2. The molecule has 0 spiro atoms. The van der Waals surface area contributed by atoms with Gasteiger partial charge in [-0.3, -0.25) is 14.4 Å². The third-order valence-electron chi connectivity index (χ3n) is 7.29. The number of hydrogen-bond acceptors (Lipinski definition) is 8. The molecule has 2 aromatic carbocycles. The number of hydrogen-bond donors (Lipinski definition) is 3. The van der Waals surface area contributed by atoms with Gasteiger partial charge in [0.05, 0.1) is 36.7 Å². The summed E-state index contributed by atoms with van der Waals surface area (Å²) in [5, 5.41) is 16.1. The van der Waals surface area contributed by atoms with Crippen LogP contribution in [0.4, 0.5) is 5.95 Å². The van der Waals surface area contributed by atoms with Crippen molar-refractivity contribution in [2.24, 2.45) is 5.92 Å². The van der Waals surface area contributed by atoms with Gasteiger partial charge in [-0.2, -0.15) is 0 Å². The number of fused-ring (bicyclic) bond motifs is 1. The molecule has 1 fully saturated rings. The summed E-state index contributed by atoms with van der Waals surface area (Å²) >= 11 is 6.41. The number of nitrogens with zero attached hydrogens (tertiary/aromatic N) is 3. The van der Waals surface area contributed by atoms with Crippen molar-refractivity contribution in [1.29, 1.82) is 0 Å². The van der Waals surface area contributed by atoms with Crippen molar-refractivity contribution in [3.8, 4) is 17.0 Å². The van der Waals surface area contributed by atoms with Crippen LogP contribution in [0.25, 0.3) is 11.3 Å². The number of aliphatic hydroxyl groups is 1. The minimum Gasteiger partial charge on any atom is -0.497 e. The summed E-state index contributed by atoms with van der Waals surface area (Å²) in [7, 11) is 1.54. The first-order valence-corrected chi connectivity index (χ1v) is 13.5. The van der Waals surface area contributed by atoms with Crippen molar-refractivity contribution in [3.63, 3.8) is 0 Å². The van der Waals surface area contributed by atoms with Gasteiger partial charge in [0.2, 0.25) is 11.9 Å². The highest BCUT2D eigenvalue weighted by Crippen LogP contribution is 2.32. The Kier molecular flexibility index (Phi) is 8.27. The first-order chi connectivity index (χ1) is 19.4. The lowest BCUT2D eigenvalue weighted by molar-refractivity contribution is -0.123. The molecule has 11 heteroatoms. The number of carbonyl (C=O) groups is 3. The van der Waals surface area contributed by atoms with Gasteiger partial charge in [-0.25, -0.2) is 9.97 Å². The summed E-state index contributed by atoms with van der Waals surface area (Å²) < 4.78 is 5.23. The van der Waals surface area contributed by atoms with Crippen LogP contribution in [0.5, 0.6) is 5.75 Å². The fraction of sp³-hybridized carbons (Fsp3) is 0.345. The van der Waals surface area contributed by atoms with E-state index >= 15 is 0 Å². The van der Waals surface area contributed by atoms with E-state index in [9.17, 15) is 19.5 Å². The maximum atomic E-state index is 13.2. The van der Waals surface area contributed by atoms with E-state index < -0.39 is 11.9 Å². The van der Waals surface area contributed by atoms with Crippen LogP contribution in [0.1, 0.15) is 46.8 Å². The predicted octanol–water partition coefficient (Wildman–Crippen LogP) is 3.39. The van der Waals surface area contributed by atoms with Crippen LogP contribution in [0.3, 0.4) is 0 Å². The Morgan fingerprint density at radius 1 is 1.25 bits per heavy atom. The summed E-state index contributed by atoms with van der Waals surface area (Å²) in [5.41, 5.74) is 3.06. The van der Waals surface area contributed by atoms with Gasteiger partial charge in [0, 0.05) is 36.6 Å². The molecule has 0 bridgehead atoms. The summed E-state index contributed by atoms with van der Waals surface area (Å²) in [5.74, 6) is 0.521. The zero-order chi connectivity index (χ0) is 28.2. The van der Waals surface area contributed by atoms with E-state index in [1.807, 2.05) is 12.1 Å². The fourth-order valence-electron chi connectivity index (χ4n) is 5.12. The third kappa shape index (κ3) is 5.93. The molecule has 2 aliphatic rings. The Morgan fingerprint density at radius 2 is 2.10 bits per heavy atom. The molecule has 1 unspecified atom stereocenters. The van der Waals surface area contributed by atoms with Crippen molar-refractivity contribution in [1.82, 2.24) is 20.2 Å². The Labute approximate surface area is 236 Å². The largest absolute Gasteiger partial charge is 0.497 e. The zero-order valence-corrected chi connectivity index (χ0v) is 22.8. The molecule has 0 saturated heterocycles. The van der Waals surface area contributed by atoms with Crippen LogP contribution in [-0.2, 0) is 16.1 Å². The van der Waals surface area contributed by atoms with Crippen LogP contribution in [-0.4, -0.2) is 64.4 Å². The van der Waals surface area contributed by atoms with E-state index in [4.69, 9.17) is 16.3 Å². The number of halogens is 1. The van der Waals surface area contributed by atoms with E-state index in [0.29, 0.717) is 52.1 Å². The highest BCUT2D eigenvalue weighted by molar-refractivity contribution is 6.33. The molecule has 3 aromatic rings. The number of amides is 2. The van der Waals surface area contributed by atoms with E-state index in [2.05, 4.69) is 20.6 Å². The van der Waals surface area contributed by atoms with Crippen molar-refractivity contribution >= 4 is 35.1 Å². The number of ether oxygens (including phenoxy) is 1. The standard InChI is InChI=1S/C29H30ClN5O5/c1-40-21-6-2-4-17(10-21)24(16-36)33-26(38)15-35-14-20-9-8-18(11-22(20)28(35)39)27-23(30)13-32-29(34-27)31-12-19-5-3-7-25(19)37/h2,4,6,8-11,13,19,24,36H,3,5,7,12,14-16H2,1H3,(H,33,38)(H,31,32,34)/t19?,24-/m1/s1. The SMILES string of the molecule is COc1cccc([C@@H](CO)NC(=O)CN2Cc3ccc(-c4nc(NCC5CCCC5=O)ncc4Cl)cc3C2=O)c1. The number of aliphatic hydroxyl groups excluding tert-OH is 1. The summed E-state index contributed by atoms with van der Waals surface area (Å²) in [6.45, 7) is 0.286. The van der Waals surface area contributed by atoms with Crippen molar-refractivity contribution < 1.29 is 24.2 Å². The molecule has 1 aliphatic carbocycles. The number of Topliss-reactive ketones (excluding diaryl/α,β-unsaturated/α-hetero) is 1. The lowest BCUT2D eigenvalue weighted by atomic mass is 10.0. The Hall–Kier alpha value is -4.02. The van der Waals surface area contributed by atoms with Gasteiger partial charge in [-0.1, -0.05) is 35.9 Å². The molecule has 5 rings (SSSR count). The second-order valence-corrected chi connectivity index (χ2v) is 10.3. The molecule has 2 amide bonds. The average molecular weight is 564 g/mol. The first-order valence-electron chi connectivity index (χ1n) is 13.1. The van der Waals surface area contributed by atoms with Crippen molar-refractivity contribution in [3.05, 3.63) is 70.4 Å². The molecule has 2 atom stereocenters. The fourth-order valence-corrected chi connectivity index (χ4v) is 5.32. The number of benzene rings is 2. The molecule has 1 aliphatic heterocycles. The monoisotopic (exact) mass is 563 g/mol. The van der Waals surface area contributed by atoms with Crippen LogP contribution < -0.4 is 15.4 Å². The minimum absolute atomic E-state index is 0.0355. The highest BCUT2D eigenvalue weighted by atomic mass is 35.5. The number of aromatic nitrogens is 2.